The molecule has 0 saturated heterocycles. The van der Waals surface area contributed by atoms with Crippen molar-refractivity contribution < 1.29 is 0 Å². The number of fused-ring (bicyclic) bond motifs is 1. The quantitative estimate of drug-likeness (QED) is 0.736. The van der Waals surface area contributed by atoms with Crippen LogP contribution in [0.1, 0.15) is 16.8 Å². The van der Waals surface area contributed by atoms with Gasteiger partial charge >= 0.3 is 0 Å². The summed E-state index contributed by atoms with van der Waals surface area (Å²) in [4.78, 5) is 15.6. The normalized spacial score (nSPS) is 14.6. The van der Waals surface area contributed by atoms with Crippen molar-refractivity contribution in [3.63, 3.8) is 0 Å². The lowest BCUT2D eigenvalue weighted by Gasteiger charge is -2.28. The molecule has 4 rings (SSSR count). The second-order valence-corrected chi connectivity index (χ2v) is 7.02. The number of nitrogens with one attached hydrogen (secondary N) is 1. The summed E-state index contributed by atoms with van der Waals surface area (Å²) in [7, 11) is 0. The summed E-state index contributed by atoms with van der Waals surface area (Å²) >= 11 is 6.81. The average Bonchev–Trinajstić information content (AvgIpc) is 3.10. The summed E-state index contributed by atoms with van der Waals surface area (Å²) < 4.78 is 0.575. The van der Waals surface area contributed by atoms with Gasteiger partial charge in [-0.1, -0.05) is 12.1 Å². The van der Waals surface area contributed by atoms with Crippen LogP contribution in [0.5, 0.6) is 0 Å². The van der Waals surface area contributed by atoms with Crippen molar-refractivity contribution >= 4 is 23.6 Å². The van der Waals surface area contributed by atoms with E-state index in [-0.39, 0.29) is 0 Å². The first-order valence-corrected chi connectivity index (χ1v) is 8.85. The second kappa shape index (κ2) is 6.31. The number of pyridine rings is 1. The standard InChI is InChI=1S/C17H16N4S2/c22-17-19-9-13-11-21(6-5-14(13)20-17)10-12-3-4-15(18-8-12)16-2-1-7-23-16/h1-4,7-9H,5-6,10-11H2,(H,19,20,22). The predicted octanol–water partition coefficient (Wildman–Crippen LogP) is 3.82. The lowest BCUT2D eigenvalue weighted by atomic mass is 10.1. The van der Waals surface area contributed by atoms with E-state index in [1.165, 1.54) is 21.7 Å². The largest absolute Gasteiger partial charge is 0.334 e. The molecule has 1 N–H and O–H groups in total. The van der Waals surface area contributed by atoms with Gasteiger partial charge in [-0.15, -0.1) is 11.3 Å². The summed E-state index contributed by atoms with van der Waals surface area (Å²) in [6.07, 6.45) is 4.88. The highest BCUT2D eigenvalue weighted by atomic mass is 32.1. The SMILES string of the molecule is S=c1ncc2c([nH]1)CCN(Cc1ccc(-c3cccs3)nc1)C2. The fourth-order valence-corrected chi connectivity index (χ4v) is 3.76. The van der Waals surface area contributed by atoms with E-state index < -0.39 is 0 Å². The smallest absolute Gasteiger partial charge is 0.196 e. The minimum Gasteiger partial charge on any atom is -0.334 e. The van der Waals surface area contributed by atoms with Crippen LogP contribution in [0.25, 0.3) is 10.6 Å². The molecule has 0 fully saturated rings. The number of rotatable bonds is 3. The van der Waals surface area contributed by atoms with Gasteiger partial charge in [-0.25, -0.2) is 4.98 Å². The van der Waals surface area contributed by atoms with Crippen LogP contribution in [0, 0.1) is 4.77 Å². The molecule has 4 nitrogen and oxygen atoms in total. The Morgan fingerprint density at radius 2 is 2.17 bits per heavy atom. The summed E-state index contributed by atoms with van der Waals surface area (Å²) in [5.74, 6) is 0. The van der Waals surface area contributed by atoms with E-state index >= 15 is 0 Å². The van der Waals surface area contributed by atoms with Gasteiger partial charge in [0.2, 0.25) is 0 Å². The number of H-pyrrole nitrogens is 1. The number of aromatic amines is 1. The lowest BCUT2D eigenvalue weighted by molar-refractivity contribution is 0.242. The molecule has 0 atom stereocenters. The molecule has 0 radical (unpaired) electrons. The maximum absolute atomic E-state index is 5.09. The van der Waals surface area contributed by atoms with Gasteiger partial charge in [-0.3, -0.25) is 9.88 Å². The Kier molecular flexibility index (Phi) is 4.03. The number of aromatic nitrogens is 3. The zero-order valence-electron chi connectivity index (χ0n) is 12.5. The Hall–Kier alpha value is -1.89. The maximum Gasteiger partial charge on any atom is 0.196 e. The molecule has 3 aromatic heterocycles. The van der Waals surface area contributed by atoms with E-state index in [0.29, 0.717) is 4.77 Å². The highest BCUT2D eigenvalue weighted by Gasteiger charge is 2.17. The van der Waals surface area contributed by atoms with Gasteiger partial charge in [0.1, 0.15) is 0 Å². The first-order valence-electron chi connectivity index (χ1n) is 7.56. The van der Waals surface area contributed by atoms with Crippen LogP contribution in [0.3, 0.4) is 0 Å². The molecule has 116 valence electrons. The number of nitrogens with zero attached hydrogens (tertiary/aromatic N) is 3. The van der Waals surface area contributed by atoms with Gasteiger partial charge < -0.3 is 4.98 Å². The van der Waals surface area contributed by atoms with Gasteiger partial charge in [-0.2, -0.15) is 0 Å². The Labute approximate surface area is 143 Å². The van der Waals surface area contributed by atoms with Crippen LogP contribution in [0.15, 0.2) is 42.0 Å². The van der Waals surface area contributed by atoms with Gasteiger partial charge in [0, 0.05) is 49.7 Å². The molecule has 4 heterocycles. The van der Waals surface area contributed by atoms with Gasteiger partial charge in [0.25, 0.3) is 0 Å². The van der Waals surface area contributed by atoms with Crippen LogP contribution in [0.2, 0.25) is 0 Å². The van der Waals surface area contributed by atoms with Crippen molar-refractivity contribution in [1.29, 1.82) is 0 Å². The van der Waals surface area contributed by atoms with Crippen LogP contribution < -0.4 is 0 Å². The summed E-state index contributed by atoms with van der Waals surface area (Å²) in [5.41, 5.74) is 4.76. The van der Waals surface area contributed by atoms with E-state index in [9.17, 15) is 0 Å². The highest BCUT2D eigenvalue weighted by Crippen LogP contribution is 2.23. The van der Waals surface area contributed by atoms with Crippen molar-refractivity contribution in [2.75, 3.05) is 6.54 Å². The predicted molar refractivity (Wildman–Crippen MR) is 94.8 cm³/mol. The number of hydrogen-bond donors (Lipinski definition) is 1. The molecule has 0 unspecified atom stereocenters. The number of thiophene rings is 1. The van der Waals surface area contributed by atoms with E-state index in [1.807, 2.05) is 12.4 Å². The van der Waals surface area contributed by atoms with E-state index in [2.05, 4.69) is 49.5 Å². The third kappa shape index (κ3) is 3.24. The fraction of sp³-hybridized carbons (Fsp3) is 0.235. The van der Waals surface area contributed by atoms with Crippen molar-refractivity contribution in [1.82, 2.24) is 19.9 Å². The maximum atomic E-state index is 5.09. The van der Waals surface area contributed by atoms with E-state index in [0.717, 1.165) is 31.7 Å². The molecular formula is C17H16N4S2. The summed E-state index contributed by atoms with van der Waals surface area (Å²) in [6, 6.07) is 8.44. The molecule has 1 aliphatic rings. The zero-order valence-corrected chi connectivity index (χ0v) is 14.2. The average molecular weight is 340 g/mol. The van der Waals surface area contributed by atoms with Crippen molar-refractivity contribution in [3.8, 4) is 10.6 Å². The molecule has 0 aromatic carbocycles. The molecule has 3 aromatic rings. The minimum atomic E-state index is 0.575. The van der Waals surface area contributed by atoms with Crippen LogP contribution in [0.4, 0.5) is 0 Å². The molecule has 6 heteroatoms. The van der Waals surface area contributed by atoms with Crippen LogP contribution in [-0.2, 0) is 19.5 Å². The highest BCUT2D eigenvalue weighted by molar-refractivity contribution is 7.71. The minimum absolute atomic E-state index is 0.575. The first kappa shape index (κ1) is 14.7. The topological polar surface area (TPSA) is 44.8 Å². The van der Waals surface area contributed by atoms with Crippen LogP contribution >= 0.6 is 23.6 Å². The van der Waals surface area contributed by atoms with E-state index in [4.69, 9.17) is 12.2 Å². The first-order chi connectivity index (χ1) is 11.3. The summed E-state index contributed by atoms with van der Waals surface area (Å²) in [6.45, 7) is 2.84. The zero-order chi connectivity index (χ0) is 15.6. The molecule has 1 aliphatic heterocycles. The Morgan fingerprint density at radius 1 is 1.22 bits per heavy atom. The molecule has 0 bridgehead atoms. The molecule has 23 heavy (non-hydrogen) atoms. The third-order valence-corrected chi connectivity index (χ3v) is 5.16. The van der Waals surface area contributed by atoms with Gasteiger partial charge in [0.05, 0.1) is 10.6 Å². The number of hydrogen-bond acceptors (Lipinski definition) is 5. The lowest BCUT2D eigenvalue weighted by Crippen LogP contribution is -2.30. The van der Waals surface area contributed by atoms with E-state index in [1.54, 1.807) is 11.3 Å². The molecule has 0 amide bonds. The van der Waals surface area contributed by atoms with Gasteiger partial charge in [0.15, 0.2) is 4.77 Å². The van der Waals surface area contributed by atoms with Crippen molar-refractivity contribution in [3.05, 3.63) is 63.6 Å². The van der Waals surface area contributed by atoms with Crippen molar-refractivity contribution in [2.45, 2.75) is 19.5 Å². The Bertz CT molecular complexity index is 853. The van der Waals surface area contributed by atoms with Crippen LogP contribution in [-0.4, -0.2) is 26.4 Å². The second-order valence-electron chi connectivity index (χ2n) is 5.68. The summed E-state index contributed by atoms with van der Waals surface area (Å²) in [5, 5.41) is 2.08. The molecular weight excluding hydrogens is 324 g/mol. The van der Waals surface area contributed by atoms with Gasteiger partial charge in [-0.05, 0) is 35.3 Å². The Morgan fingerprint density at radius 3 is 2.96 bits per heavy atom. The molecule has 0 saturated carbocycles. The fourth-order valence-electron chi connectivity index (χ4n) is 2.89. The monoisotopic (exact) mass is 340 g/mol. The molecule has 0 spiro atoms. The molecule has 0 aliphatic carbocycles. The van der Waals surface area contributed by atoms with Crippen molar-refractivity contribution in [2.24, 2.45) is 0 Å². The third-order valence-electron chi connectivity index (χ3n) is 4.06. The Balaban J connectivity index is 1.46.